The van der Waals surface area contributed by atoms with Crippen molar-refractivity contribution in [1.29, 1.82) is 0 Å². The lowest BCUT2D eigenvalue weighted by molar-refractivity contribution is 0.278. The van der Waals surface area contributed by atoms with Crippen LogP contribution in [0.1, 0.15) is 18.1 Å². The van der Waals surface area contributed by atoms with Crippen LogP contribution in [0.25, 0.3) is 11.3 Å². The maximum Gasteiger partial charge on any atom is 0.272 e. The molecule has 5 nitrogen and oxygen atoms in total. The summed E-state index contributed by atoms with van der Waals surface area (Å²) in [5, 5.41) is 13.6. The molecule has 0 radical (unpaired) electrons. The number of ether oxygens (including phenoxy) is 1. The van der Waals surface area contributed by atoms with Crippen LogP contribution in [0.2, 0.25) is 0 Å². The van der Waals surface area contributed by atoms with Gasteiger partial charge >= 0.3 is 0 Å². The molecule has 1 aromatic heterocycles. The molecule has 0 bridgehead atoms. The van der Waals surface area contributed by atoms with Crippen LogP contribution in [0.4, 0.5) is 0 Å². The van der Waals surface area contributed by atoms with Crippen molar-refractivity contribution in [2.45, 2.75) is 27.0 Å². The topological polar surface area (TPSA) is 64.3 Å². The Kier molecular flexibility index (Phi) is 4.20. The van der Waals surface area contributed by atoms with Gasteiger partial charge in [-0.15, -0.1) is 0 Å². The highest BCUT2D eigenvalue weighted by Gasteiger charge is 2.09. The number of aliphatic hydroxyl groups excluding tert-OH is 1. The van der Waals surface area contributed by atoms with Crippen LogP contribution in [0.5, 0.6) is 5.75 Å². The number of hydrogen-bond donors (Lipinski definition) is 1. The Hall–Kier alpha value is -2.14. The number of nitrogens with zero attached hydrogens (tertiary/aromatic N) is 2. The van der Waals surface area contributed by atoms with Gasteiger partial charge in [-0.3, -0.25) is 4.79 Å². The van der Waals surface area contributed by atoms with Crippen LogP contribution in [-0.2, 0) is 13.2 Å². The highest BCUT2D eigenvalue weighted by Crippen LogP contribution is 2.24. The third-order valence-electron chi connectivity index (χ3n) is 3.21. The molecule has 0 aliphatic rings. The molecule has 1 N–H and O–H groups in total. The molecule has 20 heavy (non-hydrogen) atoms. The first-order chi connectivity index (χ1) is 9.60. The minimum atomic E-state index is -0.288. The third kappa shape index (κ3) is 2.58. The molecule has 0 fully saturated rings. The lowest BCUT2D eigenvalue weighted by Crippen LogP contribution is -2.26. The third-order valence-corrected chi connectivity index (χ3v) is 3.21. The summed E-state index contributed by atoms with van der Waals surface area (Å²) < 4.78 is 6.59. The second-order valence-electron chi connectivity index (χ2n) is 4.52. The van der Waals surface area contributed by atoms with Crippen LogP contribution >= 0.6 is 0 Å². The number of methoxy groups -OCH3 is 1. The SMILES string of the molecule is CCn1nc(-c2ccc(OC)c(C)c2)cc(CO)c1=O. The van der Waals surface area contributed by atoms with Gasteiger partial charge in [-0.05, 0) is 43.7 Å². The Bertz CT molecular complexity index is 649. The van der Waals surface area contributed by atoms with E-state index in [2.05, 4.69) is 5.10 Å². The monoisotopic (exact) mass is 274 g/mol. The fourth-order valence-corrected chi connectivity index (χ4v) is 2.10. The van der Waals surface area contributed by atoms with Gasteiger partial charge in [0, 0.05) is 17.7 Å². The van der Waals surface area contributed by atoms with Crippen molar-refractivity contribution >= 4 is 0 Å². The molecule has 0 amide bonds. The molecule has 0 spiro atoms. The summed E-state index contributed by atoms with van der Waals surface area (Å²) in [6.07, 6.45) is 0. The molecule has 106 valence electrons. The number of aryl methyl sites for hydroxylation is 2. The largest absolute Gasteiger partial charge is 0.496 e. The van der Waals surface area contributed by atoms with E-state index in [4.69, 9.17) is 4.74 Å². The Morgan fingerprint density at radius 3 is 2.65 bits per heavy atom. The zero-order valence-electron chi connectivity index (χ0n) is 11.9. The molecule has 2 aromatic rings. The van der Waals surface area contributed by atoms with E-state index in [9.17, 15) is 9.90 Å². The van der Waals surface area contributed by atoms with Crippen molar-refractivity contribution in [2.24, 2.45) is 0 Å². The first-order valence-corrected chi connectivity index (χ1v) is 6.47. The minimum absolute atomic E-state index is 0.246. The molecule has 0 aliphatic carbocycles. The molecule has 0 aliphatic heterocycles. The van der Waals surface area contributed by atoms with Gasteiger partial charge in [0.1, 0.15) is 5.75 Å². The van der Waals surface area contributed by atoms with Gasteiger partial charge in [-0.2, -0.15) is 5.10 Å². The minimum Gasteiger partial charge on any atom is -0.496 e. The quantitative estimate of drug-likeness (QED) is 0.922. The molecule has 0 atom stereocenters. The van der Waals surface area contributed by atoms with Gasteiger partial charge in [0.25, 0.3) is 5.56 Å². The van der Waals surface area contributed by atoms with Gasteiger partial charge in [0.05, 0.1) is 19.4 Å². The van der Waals surface area contributed by atoms with Crippen LogP contribution in [-0.4, -0.2) is 22.0 Å². The number of rotatable bonds is 4. The summed E-state index contributed by atoms with van der Waals surface area (Å²) in [5.41, 5.74) is 2.65. The molecule has 0 unspecified atom stereocenters. The zero-order valence-corrected chi connectivity index (χ0v) is 11.9. The van der Waals surface area contributed by atoms with Crippen molar-refractivity contribution in [3.63, 3.8) is 0 Å². The maximum absolute atomic E-state index is 11.9. The summed E-state index contributed by atoms with van der Waals surface area (Å²) in [6, 6.07) is 7.34. The first kappa shape index (κ1) is 14.3. The van der Waals surface area contributed by atoms with Crippen molar-refractivity contribution in [1.82, 2.24) is 9.78 Å². The van der Waals surface area contributed by atoms with Crippen LogP contribution < -0.4 is 10.3 Å². The molecule has 5 heteroatoms. The van der Waals surface area contributed by atoms with Gasteiger partial charge in [-0.1, -0.05) is 0 Å². The van der Waals surface area contributed by atoms with Crippen molar-refractivity contribution in [2.75, 3.05) is 7.11 Å². The number of hydrogen-bond acceptors (Lipinski definition) is 4. The summed E-state index contributed by atoms with van der Waals surface area (Å²) in [6.45, 7) is 3.97. The molecule has 2 rings (SSSR count). The van der Waals surface area contributed by atoms with Gasteiger partial charge in [0.2, 0.25) is 0 Å². The zero-order chi connectivity index (χ0) is 14.7. The van der Waals surface area contributed by atoms with E-state index in [1.807, 2.05) is 32.0 Å². The molecule has 1 heterocycles. The fraction of sp³-hybridized carbons (Fsp3) is 0.333. The normalized spacial score (nSPS) is 10.6. The van der Waals surface area contributed by atoms with Crippen molar-refractivity contribution in [3.05, 3.63) is 45.7 Å². The summed E-state index contributed by atoms with van der Waals surface area (Å²) in [5.74, 6) is 0.806. The Morgan fingerprint density at radius 2 is 2.10 bits per heavy atom. The molecule has 1 aromatic carbocycles. The molecular weight excluding hydrogens is 256 g/mol. The van der Waals surface area contributed by atoms with E-state index in [0.717, 1.165) is 16.9 Å². The molecule has 0 saturated heterocycles. The number of benzene rings is 1. The van der Waals surface area contributed by atoms with Crippen molar-refractivity contribution in [3.8, 4) is 17.0 Å². The maximum atomic E-state index is 11.9. The van der Waals surface area contributed by atoms with E-state index < -0.39 is 0 Å². The average molecular weight is 274 g/mol. The Balaban J connectivity index is 2.57. The highest BCUT2D eigenvalue weighted by atomic mass is 16.5. The average Bonchev–Trinajstić information content (AvgIpc) is 2.47. The standard InChI is InChI=1S/C15H18N2O3/c1-4-17-15(19)12(9-18)8-13(16-17)11-5-6-14(20-3)10(2)7-11/h5-8,18H,4,9H2,1-3H3. The number of aliphatic hydroxyl groups is 1. The second-order valence-corrected chi connectivity index (χ2v) is 4.52. The van der Waals surface area contributed by atoms with Gasteiger partial charge in [0.15, 0.2) is 0 Å². The van der Waals surface area contributed by atoms with E-state index in [1.54, 1.807) is 13.2 Å². The first-order valence-electron chi connectivity index (χ1n) is 6.47. The molecular formula is C15H18N2O3. The van der Waals surface area contributed by atoms with E-state index in [0.29, 0.717) is 17.8 Å². The lowest BCUT2D eigenvalue weighted by Gasteiger charge is -2.10. The predicted molar refractivity (Wildman–Crippen MR) is 76.8 cm³/mol. The van der Waals surface area contributed by atoms with E-state index >= 15 is 0 Å². The van der Waals surface area contributed by atoms with Crippen LogP contribution in [0.15, 0.2) is 29.1 Å². The summed E-state index contributed by atoms with van der Waals surface area (Å²) >= 11 is 0. The molecule has 0 saturated carbocycles. The fourth-order valence-electron chi connectivity index (χ4n) is 2.10. The van der Waals surface area contributed by atoms with E-state index in [-0.39, 0.29) is 12.2 Å². The second kappa shape index (κ2) is 5.88. The Labute approximate surface area is 117 Å². The smallest absolute Gasteiger partial charge is 0.272 e. The van der Waals surface area contributed by atoms with E-state index in [1.165, 1.54) is 4.68 Å². The summed E-state index contributed by atoms with van der Waals surface area (Å²) in [4.78, 5) is 11.9. The predicted octanol–water partition coefficient (Wildman–Crippen LogP) is 1.74. The Morgan fingerprint density at radius 1 is 1.35 bits per heavy atom. The number of aromatic nitrogens is 2. The van der Waals surface area contributed by atoms with Crippen molar-refractivity contribution < 1.29 is 9.84 Å². The van der Waals surface area contributed by atoms with Gasteiger partial charge in [-0.25, -0.2) is 4.68 Å². The summed E-state index contributed by atoms with van der Waals surface area (Å²) in [7, 11) is 1.63. The van der Waals surface area contributed by atoms with Gasteiger partial charge < -0.3 is 9.84 Å². The lowest BCUT2D eigenvalue weighted by atomic mass is 10.1. The van der Waals surface area contributed by atoms with Crippen LogP contribution in [0.3, 0.4) is 0 Å². The van der Waals surface area contributed by atoms with Crippen LogP contribution in [0, 0.1) is 6.92 Å². The highest BCUT2D eigenvalue weighted by molar-refractivity contribution is 5.62.